The summed E-state index contributed by atoms with van der Waals surface area (Å²) < 4.78 is 0. The van der Waals surface area contributed by atoms with Gasteiger partial charge < -0.3 is 20.2 Å². The summed E-state index contributed by atoms with van der Waals surface area (Å²) in [4.78, 5) is 22.2. The molecule has 1 atom stereocenters. The fourth-order valence-corrected chi connectivity index (χ4v) is 6.12. The summed E-state index contributed by atoms with van der Waals surface area (Å²) in [6.07, 6.45) is 1.38. The van der Waals surface area contributed by atoms with E-state index in [1.54, 1.807) is 0 Å². The van der Waals surface area contributed by atoms with Crippen molar-refractivity contribution in [1.29, 1.82) is 0 Å². The molecule has 4 aromatic rings. The number of thiazole rings is 1. The van der Waals surface area contributed by atoms with E-state index in [2.05, 4.69) is 70.7 Å². The summed E-state index contributed by atoms with van der Waals surface area (Å²) in [6, 6.07) is 30.7. The highest BCUT2D eigenvalue weighted by atomic mass is 32.1. The van der Waals surface area contributed by atoms with Crippen LogP contribution >= 0.6 is 11.3 Å². The lowest BCUT2D eigenvalue weighted by Crippen LogP contribution is -2.46. The molecule has 218 valence electrons. The lowest BCUT2D eigenvalue weighted by atomic mass is 9.88. The molecule has 42 heavy (non-hydrogen) atoms. The molecule has 3 N–H and O–H groups in total. The number of amides is 2. The van der Waals surface area contributed by atoms with Gasteiger partial charge in [0.05, 0.1) is 5.69 Å². The molecule has 5 rings (SSSR count). The predicted molar refractivity (Wildman–Crippen MR) is 171 cm³/mol. The van der Waals surface area contributed by atoms with Crippen LogP contribution < -0.4 is 10.6 Å². The van der Waals surface area contributed by atoms with E-state index >= 15 is 0 Å². The van der Waals surface area contributed by atoms with Crippen LogP contribution in [0.3, 0.4) is 0 Å². The van der Waals surface area contributed by atoms with Gasteiger partial charge in [-0.15, -0.1) is 11.3 Å². The van der Waals surface area contributed by atoms with Gasteiger partial charge in [0, 0.05) is 55.3 Å². The first kappa shape index (κ1) is 29.5. The number of carbonyl (C=O) groups excluding carboxylic acids is 1. The Morgan fingerprint density at radius 1 is 0.976 bits per heavy atom. The van der Waals surface area contributed by atoms with E-state index in [4.69, 9.17) is 0 Å². The normalized spacial score (nSPS) is 14.1. The molecular weight excluding hydrogens is 542 g/mol. The number of aromatic nitrogens is 1. The molecule has 0 bridgehead atoms. The monoisotopic (exact) mass is 581 g/mol. The quantitative estimate of drug-likeness (QED) is 0.181. The average molecular weight is 582 g/mol. The van der Waals surface area contributed by atoms with Crippen LogP contribution in [0.15, 0.2) is 109 Å². The summed E-state index contributed by atoms with van der Waals surface area (Å²) in [6.45, 7) is 7.41. The molecule has 7 nitrogen and oxygen atoms in total. The van der Waals surface area contributed by atoms with Gasteiger partial charge in [0.25, 0.3) is 0 Å². The minimum absolute atomic E-state index is 0.155. The Morgan fingerprint density at radius 3 is 2.26 bits per heavy atom. The number of nitrogens with zero attached hydrogens (tertiary/aromatic N) is 3. The van der Waals surface area contributed by atoms with E-state index in [9.17, 15) is 9.90 Å². The van der Waals surface area contributed by atoms with Gasteiger partial charge >= 0.3 is 6.03 Å². The van der Waals surface area contributed by atoms with Crippen LogP contribution in [0.1, 0.15) is 36.3 Å². The third kappa shape index (κ3) is 7.85. The van der Waals surface area contributed by atoms with Gasteiger partial charge in [-0.1, -0.05) is 97.6 Å². The standard InChI is InChI=1S/C34H39N5O2S/c1-26-24-35-20-23-39(26)32(40)18-11-21-38(34(41)37-33-36-31(25-42-33)29-16-9-4-10-17-29)22-19-30(27-12-5-2-6-13-27)28-14-7-3-8-15-28/h2-10,12-17,25,30,32,35,40H,1,11,18-24H2,(H,36,37,41). The van der Waals surface area contributed by atoms with E-state index in [-0.39, 0.29) is 11.9 Å². The number of rotatable bonds is 12. The van der Waals surface area contributed by atoms with Gasteiger partial charge in [-0.2, -0.15) is 0 Å². The van der Waals surface area contributed by atoms with Crippen LogP contribution in [0.5, 0.6) is 0 Å². The van der Waals surface area contributed by atoms with E-state index < -0.39 is 6.23 Å². The molecule has 0 aliphatic carbocycles. The topological polar surface area (TPSA) is 80.7 Å². The Bertz CT molecular complexity index is 1370. The number of nitrogens with one attached hydrogen (secondary N) is 2. The highest BCUT2D eigenvalue weighted by molar-refractivity contribution is 7.14. The van der Waals surface area contributed by atoms with Crippen molar-refractivity contribution in [3.05, 3.63) is 120 Å². The van der Waals surface area contributed by atoms with E-state index in [1.807, 2.05) is 57.6 Å². The second kappa shape index (κ2) is 14.8. The molecule has 0 spiro atoms. The summed E-state index contributed by atoms with van der Waals surface area (Å²) >= 11 is 1.42. The van der Waals surface area contributed by atoms with Crippen molar-refractivity contribution < 1.29 is 9.90 Å². The average Bonchev–Trinajstić information content (AvgIpc) is 3.50. The molecule has 1 aromatic heterocycles. The number of urea groups is 1. The fraction of sp³-hybridized carbons (Fsp3) is 0.294. The number of carbonyl (C=O) groups is 1. The fourth-order valence-electron chi connectivity index (χ4n) is 5.41. The third-order valence-corrected chi connectivity index (χ3v) is 8.44. The largest absolute Gasteiger partial charge is 0.374 e. The van der Waals surface area contributed by atoms with Gasteiger partial charge in [0.15, 0.2) is 5.13 Å². The van der Waals surface area contributed by atoms with Crippen molar-refractivity contribution in [3.63, 3.8) is 0 Å². The molecule has 1 aliphatic heterocycles. The zero-order chi connectivity index (χ0) is 29.1. The van der Waals surface area contributed by atoms with Gasteiger partial charge in [-0.05, 0) is 30.4 Å². The van der Waals surface area contributed by atoms with Crippen molar-refractivity contribution in [1.82, 2.24) is 20.1 Å². The van der Waals surface area contributed by atoms with Crippen LogP contribution in [-0.2, 0) is 0 Å². The van der Waals surface area contributed by atoms with Gasteiger partial charge in [-0.3, -0.25) is 5.32 Å². The molecular formula is C34H39N5O2S. The van der Waals surface area contributed by atoms with Gasteiger partial charge in [0.1, 0.15) is 6.23 Å². The number of hydrogen-bond acceptors (Lipinski definition) is 6. The summed E-state index contributed by atoms with van der Waals surface area (Å²) in [5, 5.41) is 19.7. The summed E-state index contributed by atoms with van der Waals surface area (Å²) in [5.41, 5.74) is 5.21. The smallest absolute Gasteiger partial charge is 0.323 e. The minimum Gasteiger partial charge on any atom is -0.374 e. The Balaban J connectivity index is 1.28. The molecule has 1 unspecified atom stereocenters. The number of hydrogen-bond donors (Lipinski definition) is 3. The molecule has 2 heterocycles. The molecule has 0 saturated carbocycles. The minimum atomic E-state index is -0.613. The van der Waals surface area contributed by atoms with Crippen LogP contribution in [0.2, 0.25) is 0 Å². The van der Waals surface area contributed by atoms with Crippen LogP contribution in [0, 0.1) is 0 Å². The van der Waals surface area contributed by atoms with Crippen molar-refractivity contribution in [2.75, 3.05) is 38.0 Å². The molecule has 8 heteroatoms. The maximum atomic E-state index is 13.7. The van der Waals surface area contributed by atoms with Gasteiger partial charge in [0.2, 0.25) is 0 Å². The predicted octanol–water partition coefficient (Wildman–Crippen LogP) is 6.38. The molecule has 1 fully saturated rings. The van der Waals surface area contributed by atoms with Crippen LogP contribution in [-0.4, -0.2) is 64.9 Å². The Hall–Kier alpha value is -3.98. The number of aliphatic hydroxyl groups is 1. The maximum absolute atomic E-state index is 13.7. The number of piperazine rings is 1. The van der Waals surface area contributed by atoms with Crippen LogP contribution in [0.25, 0.3) is 11.3 Å². The van der Waals surface area contributed by atoms with E-state index in [0.29, 0.717) is 37.6 Å². The Morgan fingerprint density at radius 2 is 1.62 bits per heavy atom. The number of aliphatic hydroxyl groups excluding tert-OH is 1. The lowest BCUT2D eigenvalue weighted by Gasteiger charge is -2.35. The maximum Gasteiger partial charge on any atom is 0.323 e. The second-order valence-corrected chi connectivity index (χ2v) is 11.4. The second-order valence-electron chi connectivity index (χ2n) is 10.5. The van der Waals surface area contributed by atoms with E-state index in [1.165, 1.54) is 22.5 Å². The third-order valence-electron chi connectivity index (χ3n) is 7.68. The SMILES string of the molecule is C=C1CNCCN1C(O)CCCN(CCC(c1ccccc1)c1ccccc1)C(=O)Nc1nc(-c2ccccc2)cs1. The zero-order valence-electron chi connectivity index (χ0n) is 23.9. The molecule has 1 saturated heterocycles. The molecule has 3 aromatic carbocycles. The Labute approximate surface area is 252 Å². The first-order chi connectivity index (χ1) is 20.6. The van der Waals surface area contributed by atoms with Crippen LogP contribution in [0.4, 0.5) is 9.93 Å². The summed E-state index contributed by atoms with van der Waals surface area (Å²) in [5.74, 6) is 0.155. The lowest BCUT2D eigenvalue weighted by molar-refractivity contribution is 0.0121. The highest BCUT2D eigenvalue weighted by Gasteiger charge is 2.23. The van der Waals surface area contributed by atoms with Crippen molar-refractivity contribution in [2.24, 2.45) is 0 Å². The molecule has 2 amide bonds. The molecule has 0 radical (unpaired) electrons. The van der Waals surface area contributed by atoms with Crippen molar-refractivity contribution in [2.45, 2.75) is 31.4 Å². The van der Waals surface area contributed by atoms with Crippen molar-refractivity contribution in [3.8, 4) is 11.3 Å². The van der Waals surface area contributed by atoms with Crippen molar-refractivity contribution >= 4 is 22.5 Å². The number of benzene rings is 3. The molecule has 1 aliphatic rings. The Kier molecular flexibility index (Phi) is 10.4. The first-order valence-corrected chi connectivity index (χ1v) is 15.5. The highest BCUT2D eigenvalue weighted by Crippen LogP contribution is 2.29. The first-order valence-electron chi connectivity index (χ1n) is 14.6. The summed E-state index contributed by atoms with van der Waals surface area (Å²) in [7, 11) is 0. The van der Waals surface area contributed by atoms with E-state index in [0.717, 1.165) is 36.5 Å². The zero-order valence-corrected chi connectivity index (χ0v) is 24.7. The number of anilines is 1. The van der Waals surface area contributed by atoms with Gasteiger partial charge in [-0.25, -0.2) is 9.78 Å².